The highest BCUT2D eigenvalue weighted by Gasteiger charge is 2.61. The van der Waals surface area contributed by atoms with Crippen molar-refractivity contribution in [2.75, 3.05) is 33.5 Å². The summed E-state index contributed by atoms with van der Waals surface area (Å²) in [5.41, 5.74) is 9.39. The van der Waals surface area contributed by atoms with E-state index in [0.29, 0.717) is 58.5 Å². The van der Waals surface area contributed by atoms with Crippen molar-refractivity contribution in [3.05, 3.63) is 112 Å². The van der Waals surface area contributed by atoms with Gasteiger partial charge in [0.05, 0.1) is 37.6 Å². The third kappa shape index (κ3) is 7.57. The predicted molar refractivity (Wildman–Crippen MR) is 222 cm³/mol. The van der Waals surface area contributed by atoms with Crippen molar-refractivity contribution >= 4 is 18.2 Å². The average molecular weight is 885 g/mol. The van der Waals surface area contributed by atoms with E-state index >= 15 is 0 Å². The van der Waals surface area contributed by atoms with Gasteiger partial charge in [0.25, 0.3) is 0 Å². The number of hydrogen-bond donors (Lipinski definition) is 8. The van der Waals surface area contributed by atoms with Crippen LogP contribution in [0.25, 0.3) is 0 Å². The zero-order valence-corrected chi connectivity index (χ0v) is 34.5. The van der Waals surface area contributed by atoms with Crippen LogP contribution in [0.2, 0.25) is 0 Å². The van der Waals surface area contributed by atoms with Crippen LogP contribution in [0.3, 0.4) is 0 Å². The van der Waals surface area contributed by atoms with Crippen LogP contribution in [0, 0.1) is 0 Å². The third-order valence-electron chi connectivity index (χ3n) is 12.3. The molecular weight excluding hydrogens is 837 g/mol. The number of fused-ring (bicyclic) bond motifs is 6. The largest absolute Gasteiger partial charge is 0.493 e. The van der Waals surface area contributed by atoms with E-state index in [1.807, 2.05) is 47.4 Å². The van der Waals surface area contributed by atoms with Crippen molar-refractivity contribution in [2.45, 2.75) is 80.0 Å². The van der Waals surface area contributed by atoms with Gasteiger partial charge in [-0.2, -0.15) is 0 Å². The Bertz CT molecular complexity index is 2430. The van der Waals surface area contributed by atoms with Crippen molar-refractivity contribution in [3.63, 3.8) is 0 Å². The fourth-order valence-corrected chi connectivity index (χ4v) is 9.43. The Hall–Kier alpha value is -6.19. The maximum atomic E-state index is 12.7. The number of nitrogens with two attached hydrogens (primary N) is 1. The molecule has 0 aromatic heterocycles. The number of carbonyl (C=O) groups excluding carboxylic acids is 1. The van der Waals surface area contributed by atoms with Crippen molar-refractivity contribution in [2.24, 2.45) is 10.7 Å². The lowest BCUT2D eigenvalue weighted by atomic mass is 9.79. The number of nitrogens with one attached hydrogen (secondary N) is 1. The predicted octanol–water partition coefficient (Wildman–Crippen LogP) is 0.662. The molecule has 1 spiro atoms. The van der Waals surface area contributed by atoms with E-state index in [2.05, 4.69) is 10.3 Å². The lowest BCUT2D eigenvalue weighted by molar-refractivity contribution is -0.321. The Labute approximate surface area is 366 Å². The van der Waals surface area contributed by atoms with Crippen LogP contribution in [0.1, 0.15) is 40.7 Å². The zero-order valence-electron chi connectivity index (χ0n) is 34.5. The Morgan fingerprint density at radius 2 is 1.88 bits per heavy atom. The summed E-state index contributed by atoms with van der Waals surface area (Å²) in [6.07, 6.45) is -6.00. The van der Waals surface area contributed by atoms with E-state index in [-0.39, 0.29) is 32.1 Å². The quantitative estimate of drug-likeness (QED) is 0.0816. The van der Waals surface area contributed by atoms with E-state index in [1.165, 1.54) is 19.4 Å². The molecule has 6 aliphatic rings. The number of esters is 1. The molecule has 1 saturated heterocycles. The summed E-state index contributed by atoms with van der Waals surface area (Å²) in [7, 11) is 1.51. The Kier molecular flexibility index (Phi) is 11.7. The highest BCUT2D eigenvalue weighted by atomic mass is 16.7. The minimum atomic E-state index is -2.13. The number of hydrogen-bond acceptors (Lipinski definition) is 18. The van der Waals surface area contributed by atoms with Gasteiger partial charge in [-0.15, -0.1) is 0 Å². The number of aliphatic hydroxyl groups is 5. The number of methoxy groups -OCH3 is 1. The molecule has 9 rings (SSSR count). The number of aliphatic hydroxyl groups excluding tert-OH is 5. The molecule has 0 radical (unpaired) electrons. The lowest BCUT2D eigenvalue weighted by Gasteiger charge is -2.52. The lowest BCUT2D eigenvalue weighted by Crippen LogP contribution is -2.74. The number of nitrogens with zero attached hydrogens (tertiary/aromatic N) is 2. The summed E-state index contributed by atoms with van der Waals surface area (Å²) < 4.78 is 43.8. The van der Waals surface area contributed by atoms with Crippen LogP contribution in [0.4, 0.5) is 0 Å². The summed E-state index contributed by atoms with van der Waals surface area (Å²) in [5.74, 6) is -1.44. The first kappa shape index (κ1) is 43.1. The molecule has 10 unspecified atom stereocenters. The maximum absolute atomic E-state index is 12.7. The summed E-state index contributed by atoms with van der Waals surface area (Å²) in [6, 6.07) is 16.8. The van der Waals surface area contributed by atoms with Crippen LogP contribution < -0.4 is 34.7 Å². The summed E-state index contributed by atoms with van der Waals surface area (Å²) in [5, 5.41) is 66.5. The number of ether oxygens (including phenoxy) is 7. The molecule has 6 heterocycles. The number of aliphatic carboxylic acids is 1. The molecule has 9 N–H and O–H groups in total. The second-order valence-corrected chi connectivity index (χ2v) is 16.2. The van der Waals surface area contributed by atoms with Gasteiger partial charge in [-0.05, 0) is 41.6 Å². The van der Waals surface area contributed by atoms with E-state index < -0.39 is 79.0 Å². The topological polar surface area (TPSA) is 274 Å². The van der Waals surface area contributed by atoms with Gasteiger partial charge in [-0.3, -0.25) is 14.6 Å². The van der Waals surface area contributed by atoms with Crippen LogP contribution in [0.5, 0.6) is 28.7 Å². The van der Waals surface area contributed by atoms with E-state index in [0.717, 1.165) is 16.7 Å². The van der Waals surface area contributed by atoms with Crippen LogP contribution in [0.15, 0.2) is 94.9 Å². The molecular formula is C45H48N4O15. The monoisotopic (exact) mass is 884 g/mol. The summed E-state index contributed by atoms with van der Waals surface area (Å²) in [6.45, 7) is 0.0397. The number of benzene rings is 3. The molecule has 1 fully saturated rings. The van der Waals surface area contributed by atoms with Crippen LogP contribution in [-0.4, -0.2) is 136 Å². The van der Waals surface area contributed by atoms with Gasteiger partial charge in [-0.25, -0.2) is 0 Å². The molecule has 0 amide bonds. The molecule has 19 nitrogen and oxygen atoms in total. The molecule has 0 aliphatic carbocycles. The number of carboxylic acid groups (broad SMARTS) is 1. The highest BCUT2D eigenvalue weighted by Crippen LogP contribution is 2.60. The highest BCUT2D eigenvalue weighted by molar-refractivity contribution is 5.90. The first-order valence-corrected chi connectivity index (χ1v) is 20.7. The summed E-state index contributed by atoms with van der Waals surface area (Å²) >= 11 is 0. The first-order valence-electron chi connectivity index (χ1n) is 20.7. The van der Waals surface area contributed by atoms with E-state index in [1.54, 1.807) is 24.4 Å². The van der Waals surface area contributed by atoms with Crippen molar-refractivity contribution in [1.29, 1.82) is 0 Å². The van der Waals surface area contributed by atoms with Crippen LogP contribution >= 0.6 is 0 Å². The van der Waals surface area contributed by atoms with Gasteiger partial charge in [-0.1, -0.05) is 36.4 Å². The van der Waals surface area contributed by atoms with Gasteiger partial charge in [0.15, 0.2) is 23.2 Å². The number of carboxylic acids is 1. The SMILES string of the molecule is COc1ccc2c(c1OCCO)OC1c3c(CN4CC5=CC=NC5=C4CO)cc(OC4OC5(C=CNC(N)C5OC(=O)CC(=O)O)C(O)C(O)C4O)cc3OC(Cc3ccccc3)C21. The van der Waals surface area contributed by atoms with Crippen molar-refractivity contribution in [1.82, 2.24) is 10.2 Å². The summed E-state index contributed by atoms with van der Waals surface area (Å²) in [4.78, 5) is 30.5. The van der Waals surface area contributed by atoms with Gasteiger partial charge in [0, 0.05) is 48.5 Å². The fourth-order valence-electron chi connectivity index (χ4n) is 9.43. The van der Waals surface area contributed by atoms with Gasteiger partial charge < -0.3 is 79.7 Å². The van der Waals surface area contributed by atoms with Gasteiger partial charge in [0.1, 0.15) is 61.2 Å². The molecule has 0 bridgehead atoms. The Morgan fingerprint density at radius 1 is 1.06 bits per heavy atom. The second kappa shape index (κ2) is 17.4. The number of rotatable bonds is 14. The smallest absolute Gasteiger partial charge is 0.317 e. The molecule has 3 aromatic carbocycles. The van der Waals surface area contributed by atoms with E-state index in [9.17, 15) is 40.2 Å². The zero-order chi connectivity index (χ0) is 44.9. The molecule has 338 valence electrons. The molecule has 3 aromatic rings. The maximum Gasteiger partial charge on any atom is 0.317 e. The minimum absolute atomic E-state index is 0.0181. The number of carbonyl (C=O) groups is 2. The normalized spacial score (nSPS) is 29.5. The standard InChI is InChI=1S/C45H48N4O15/c1-58-28-8-7-26-34-29(15-22-5-3-2-4-6-22)61-30-17-25(60-44-37(56)36(55)41(57)45(64-44)10-12-48-43(46)42(45)62-32(54)18-31(52)53)16-24(20-49-19-23-9-11-47-35(23)27(49)21-51)33(30)40(34)63-38(26)39(28)59-14-13-50/h2-12,16-17,29,34,36-37,40-44,48,50-51,55-57H,13-15,18-21,46H2,1H3,(H,52,53). The Balaban J connectivity index is 1.14. The number of aliphatic imine (C=N–C) groups is 1. The second-order valence-electron chi connectivity index (χ2n) is 16.2. The minimum Gasteiger partial charge on any atom is -0.493 e. The fraction of sp³-hybridized carbons (Fsp3) is 0.400. The average Bonchev–Trinajstić information content (AvgIpc) is 3.99. The van der Waals surface area contributed by atoms with Crippen LogP contribution in [-0.2, 0) is 32.0 Å². The first-order chi connectivity index (χ1) is 30.9. The number of allylic oxidation sites excluding steroid dienone is 1. The molecule has 64 heavy (non-hydrogen) atoms. The van der Waals surface area contributed by atoms with Crippen molar-refractivity contribution in [3.8, 4) is 28.7 Å². The molecule has 10 atom stereocenters. The third-order valence-corrected chi connectivity index (χ3v) is 12.3. The van der Waals surface area contributed by atoms with Gasteiger partial charge in [0.2, 0.25) is 12.0 Å². The van der Waals surface area contributed by atoms with E-state index in [4.69, 9.17) is 38.9 Å². The Morgan fingerprint density at radius 3 is 2.62 bits per heavy atom. The molecule has 19 heteroatoms. The molecule has 6 aliphatic heterocycles. The van der Waals surface area contributed by atoms with Crippen molar-refractivity contribution < 1.29 is 73.4 Å². The molecule has 0 saturated carbocycles. The van der Waals surface area contributed by atoms with Gasteiger partial charge >= 0.3 is 11.9 Å².